The Kier molecular flexibility index (Phi) is 4.90. The minimum absolute atomic E-state index is 0.375. The van der Waals surface area contributed by atoms with E-state index in [9.17, 15) is 9.59 Å². The Balaban J connectivity index is 1.83. The molecule has 1 atom stereocenters. The first kappa shape index (κ1) is 18.9. The smallest absolute Gasteiger partial charge is 0.351 e. The molecule has 0 saturated carbocycles. The van der Waals surface area contributed by atoms with Crippen molar-refractivity contribution in [3.8, 4) is 5.69 Å². The lowest BCUT2D eigenvalue weighted by molar-refractivity contribution is -0.127. The number of thiophene rings is 1. The largest absolute Gasteiger partial charge is 0.443 e. The number of hydrogen-bond acceptors (Lipinski definition) is 5. The predicted octanol–water partition coefficient (Wildman–Crippen LogP) is 4.09. The van der Waals surface area contributed by atoms with E-state index in [1.165, 1.54) is 11.3 Å². The molecule has 0 aliphatic carbocycles. The van der Waals surface area contributed by atoms with Crippen LogP contribution >= 0.6 is 11.3 Å². The van der Waals surface area contributed by atoms with Crippen LogP contribution in [0.4, 0.5) is 0 Å². The van der Waals surface area contributed by atoms with E-state index in [2.05, 4.69) is 4.98 Å². The zero-order valence-electron chi connectivity index (χ0n) is 16.0. The lowest BCUT2D eigenvalue weighted by atomic mass is 10.1. The van der Waals surface area contributed by atoms with E-state index >= 15 is 0 Å². The maximum absolute atomic E-state index is 13.2. The Hall–Kier alpha value is -3.45. The van der Waals surface area contributed by atoms with Gasteiger partial charge in [-0.3, -0.25) is 4.79 Å². The normalized spacial score (nSPS) is 12.1. The first-order chi connectivity index (χ1) is 14.0. The van der Waals surface area contributed by atoms with Gasteiger partial charge in [-0.15, -0.1) is 11.3 Å². The van der Waals surface area contributed by atoms with Gasteiger partial charge in [0, 0.05) is 29.0 Å². The van der Waals surface area contributed by atoms with Gasteiger partial charge in [0.15, 0.2) is 0 Å². The Morgan fingerprint density at radius 2 is 1.79 bits per heavy atom. The molecule has 3 aromatic heterocycles. The van der Waals surface area contributed by atoms with Gasteiger partial charge in [0.1, 0.15) is 9.71 Å². The highest BCUT2D eigenvalue weighted by molar-refractivity contribution is 7.21. The fourth-order valence-electron chi connectivity index (χ4n) is 3.37. The first-order valence-corrected chi connectivity index (χ1v) is 9.86. The summed E-state index contributed by atoms with van der Waals surface area (Å²) in [5.41, 5.74) is 8.63. The minimum Gasteiger partial charge on any atom is -0.443 e. The molecule has 4 aromatic rings. The van der Waals surface area contributed by atoms with Gasteiger partial charge in [-0.05, 0) is 37.6 Å². The van der Waals surface area contributed by atoms with Crippen LogP contribution in [0.3, 0.4) is 0 Å². The number of nitrogens with two attached hydrogens (primary N) is 1. The van der Waals surface area contributed by atoms with Gasteiger partial charge in [0.05, 0.1) is 5.69 Å². The van der Waals surface area contributed by atoms with Crippen LogP contribution in [0.2, 0.25) is 0 Å². The van der Waals surface area contributed by atoms with Crippen molar-refractivity contribution >= 4 is 33.4 Å². The van der Waals surface area contributed by atoms with E-state index in [0.29, 0.717) is 16.1 Å². The number of amides is 1. The average Bonchev–Trinajstić information content (AvgIpc) is 3.33. The van der Waals surface area contributed by atoms with Gasteiger partial charge < -0.3 is 15.0 Å². The molecule has 29 heavy (non-hydrogen) atoms. The van der Waals surface area contributed by atoms with Crippen molar-refractivity contribution in [1.82, 2.24) is 9.55 Å². The second-order valence-corrected chi connectivity index (χ2v) is 7.73. The van der Waals surface area contributed by atoms with Gasteiger partial charge in [0.25, 0.3) is 5.91 Å². The van der Waals surface area contributed by atoms with Gasteiger partial charge in [-0.25, -0.2) is 9.78 Å². The Morgan fingerprint density at radius 3 is 2.45 bits per heavy atom. The number of benzene rings is 1. The molecule has 6 nitrogen and oxygen atoms in total. The molecule has 0 spiro atoms. The molecular weight excluding hydrogens is 386 g/mol. The number of esters is 1. The maximum atomic E-state index is 13.2. The van der Waals surface area contributed by atoms with E-state index in [1.54, 1.807) is 24.3 Å². The molecule has 0 fully saturated rings. The quantitative estimate of drug-likeness (QED) is 0.507. The monoisotopic (exact) mass is 405 g/mol. The van der Waals surface area contributed by atoms with Crippen molar-refractivity contribution in [1.29, 1.82) is 0 Å². The van der Waals surface area contributed by atoms with Crippen molar-refractivity contribution in [3.05, 3.63) is 82.6 Å². The zero-order valence-corrected chi connectivity index (χ0v) is 16.8. The summed E-state index contributed by atoms with van der Waals surface area (Å²) in [6, 6.07) is 14.5. The summed E-state index contributed by atoms with van der Waals surface area (Å²) < 4.78 is 7.44. The molecule has 3 heterocycles. The van der Waals surface area contributed by atoms with Crippen LogP contribution in [0.5, 0.6) is 0 Å². The molecule has 146 valence electrons. The highest BCUT2D eigenvalue weighted by Crippen LogP contribution is 2.37. The van der Waals surface area contributed by atoms with Crippen LogP contribution < -0.4 is 5.73 Å². The van der Waals surface area contributed by atoms with Crippen LogP contribution in [0.25, 0.3) is 15.9 Å². The second kappa shape index (κ2) is 7.52. The number of hydrogen-bond donors (Lipinski definition) is 1. The number of carbonyl (C=O) groups is 2. The molecule has 4 rings (SSSR count). The average molecular weight is 405 g/mol. The number of primary amides is 1. The highest BCUT2D eigenvalue weighted by Gasteiger charge is 2.28. The third-order valence-electron chi connectivity index (χ3n) is 4.60. The maximum Gasteiger partial charge on any atom is 0.351 e. The number of nitrogens with zero attached hydrogens (tertiary/aromatic N) is 2. The third kappa shape index (κ3) is 3.52. The molecule has 0 aliphatic heterocycles. The lowest BCUT2D eigenvalue weighted by Crippen LogP contribution is -2.26. The second-order valence-electron chi connectivity index (χ2n) is 6.73. The predicted molar refractivity (Wildman–Crippen MR) is 112 cm³/mol. The number of fused-ring (bicyclic) bond motifs is 1. The summed E-state index contributed by atoms with van der Waals surface area (Å²) in [7, 11) is 0. The van der Waals surface area contributed by atoms with E-state index in [4.69, 9.17) is 10.5 Å². The van der Waals surface area contributed by atoms with Crippen LogP contribution in [0.1, 0.15) is 32.6 Å². The van der Waals surface area contributed by atoms with Gasteiger partial charge >= 0.3 is 5.97 Å². The third-order valence-corrected chi connectivity index (χ3v) is 5.65. The molecular formula is C22H19N3O3S. The van der Waals surface area contributed by atoms with Crippen molar-refractivity contribution in [3.63, 3.8) is 0 Å². The first-order valence-electron chi connectivity index (χ1n) is 9.05. The van der Waals surface area contributed by atoms with E-state index in [1.807, 2.05) is 55.1 Å². The van der Waals surface area contributed by atoms with Gasteiger partial charge in [-0.2, -0.15) is 0 Å². The number of carbonyl (C=O) groups excluding carboxylic acids is 2. The van der Waals surface area contributed by atoms with Crippen LogP contribution in [0, 0.1) is 13.8 Å². The summed E-state index contributed by atoms with van der Waals surface area (Å²) in [6.45, 7) is 3.90. The molecule has 1 amide bonds. The Bertz CT molecular complexity index is 1200. The number of aryl methyl sites for hydroxylation is 2. The van der Waals surface area contributed by atoms with E-state index < -0.39 is 18.0 Å². The van der Waals surface area contributed by atoms with Gasteiger partial charge in [0.2, 0.25) is 6.10 Å². The summed E-state index contributed by atoms with van der Waals surface area (Å²) in [6.07, 6.45) is 2.56. The number of aromatic nitrogens is 2. The van der Waals surface area contributed by atoms with Gasteiger partial charge in [-0.1, -0.05) is 30.3 Å². The topological polar surface area (TPSA) is 87.2 Å². The number of rotatable bonds is 5. The number of pyridine rings is 1. The Morgan fingerprint density at radius 1 is 1.10 bits per heavy atom. The van der Waals surface area contributed by atoms with Crippen LogP contribution in [0.15, 0.2) is 60.9 Å². The summed E-state index contributed by atoms with van der Waals surface area (Å²) >= 11 is 1.25. The molecule has 0 aliphatic rings. The van der Waals surface area contributed by atoms with Crippen molar-refractivity contribution < 1.29 is 14.3 Å². The fraction of sp³-hybridized carbons (Fsp3) is 0.136. The molecule has 0 radical (unpaired) electrons. The molecule has 1 aromatic carbocycles. The van der Waals surface area contributed by atoms with E-state index in [-0.39, 0.29) is 0 Å². The fourth-order valence-corrected chi connectivity index (χ4v) is 4.55. The zero-order chi connectivity index (χ0) is 20.5. The molecule has 0 bridgehead atoms. The standard InChI is InChI=1S/C22H19N3O3S/c1-13-12-14(2)24-21-16(13)17(25-10-6-7-11-25)19(29-21)22(27)28-18(20(23)26)15-8-4-3-5-9-15/h3-12,18H,1-2H3,(H2,23,26)/t18-/m1/s1. The molecule has 0 saturated heterocycles. The van der Waals surface area contributed by atoms with Crippen molar-refractivity contribution in [2.75, 3.05) is 0 Å². The summed E-state index contributed by atoms with van der Waals surface area (Å²) in [4.78, 5) is 30.8. The summed E-state index contributed by atoms with van der Waals surface area (Å²) in [5.74, 6) is -1.33. The van der Waals surface area contributed by atoms with Crippen molar-refractivity contribution in [2.24, 2.45) is 5.73 Å². The minimum atomic E-state index is -1.16. The molecule has 2 N–H and O–H groups in total. The lowest BCUT2D eigenvalue weighted by Gasteiger charge is -2.15. The highest BCUT2D eigenvalue weighted by atomic mass is 32.1. The molecule has 0 unspecified atom stereocenters. The molecule has 7 heteroatoms. The summed E-state index contributed by atoms with van der Waals surface area (Å²) in [5, 5.41) is 0.888. The van der Waals surface area contributed by atoms with Crippen molar-refractivity contribution in [2.45, 2.75) is 20.0 Å². The van der Waals surface area contributed by atoms with Crippen LogP contribution in [-0.4, -0.2) is 21.4 Å². The van der Waals surface area contributed by atoms with Crippen LogP contribution in [-0.2, 0) is 9.53 Å². The SMILES string of the molecule is Cc1cc(C)c2c(-n3cccc3)c(C(=O)O[C@@H](C(N)=O)c3ccccc3)sc2n1. The Labute approximate surface area is 171 Å². The van der Waals surface area contributed by atoms with E-state index in [0.717, 1.165) is 21.5 Å². The number of ether oxygens (including phenoxy) is 1.